The van der Waals surface area contributed by atoms with E-state index in [0.29, 0.717) is 6.61 Å². The Bertz CT molecular complexity index is 737. The van der Waals surface area contributed by atoms with Gasteiger partial charge in [-0.1, -0.05) is 12.1 Å². The second-order valence-electron chi connectivity index (χ2n) is 7.02. The summed E-state index contributed by atoms with van der Waals surface area (Å²) in [4.78, 5) is 13.4. The minimum absolute atomic E-state index is 0.00419. The topological polar surface area (TPSA) is 50.8 Å². The Kier molecular flexibility index (Phi) is 6.22. The molecule has 5 heteroatoms. The van der Waals surface area contributed by atoms with Gasteiger partial charge in [-0.3, -0.25) is 4.79 Å². The van der Waals surface area contributed by atoms with Crippen molar-refractivity contribution in [3.63, 3.8) is 0 Å². The van der Waals surface area contributed by atoms with E-state index in [9.17, 15) is 4.79 Å². The van der Waals surface area contributed by atoms with Gasteiger partial charge in [0, 0.05) is 18.7 Å². The molecule has 1 aliphatic rings. The normalized spacial score (nSPS) is 15.0. The summed E-state index contributed by atoms with van der Waals surface area (Å²) in [5.74, 6) is 1.80. The van der Waals surface area contributed by atoms with Gasteiger partial charge in [0.2, 0.25) is 5.91 Å². The molecular weight excluding hydrogens is 340 g/mol. The Morgan fingerprint density at radius 1 is 1.11 bits per heavy atom. The molecule has 2 aromatic carbocycles. The number of hydrogen-bond donors (Lipinski definition) is 1. The molecule has 1 unspecified atom stereocenters. The van der Waals surface area contributed by atoms with Crippen LogP contribution in [0.3, 0.4) is 0 Å². The second-order valence-corrected chi connectivity index (χ2v) is 7.02. The van der Waals surface area contributed by atoms with Crippen molar-refractivity contribution in [1.29, 1.82) is 0 Å². The van der Waals surface area contributed by atoms with Crippen molar-refractivity contribution >= 4 is 11.6 Å². The standard InChI is InChI=1S/C22H28N2O3/c1-4-26-20-11-7-19(8-12-20)24-14-22(15-24)27-21-9-5-18(6-10-21)13-16(2)23-17(3)25/h5-12,16,22H,4,13-15H2,1-3H3,(H,23,25). The number of nitrogens with one attached hydrogen (secondary N) is 1. The average Bonchev–Trinajstić information content (AvgIpc) is 2.60. The SMILES string of the molecule is CCOc1ccc(N2CC(Oc3ccc(CC(C)NC(C)=O)cc3)C2)cc1. The molecule has 5 nitrogen and oxygen atoms in total. The summed E-state index contributed by atoms with van der Waals surface area (Å²) in [5, 5.41) is 2.90. The maximum absolute atomic E-state index is 11.1. The van der Waals surface area contributed by atoms with Crippen molar-refractivity contribution in [1.82, 2.24) is 5.32 Å². The molecule has 1 fully saturated rings. The first-order valence-electron chi connectivity index (χ1n) is 9.54. The van der Waals surface area contributed by atoms with Crippen LogP contribution in [0, 0.1) is 0 Å². The van der Waals surface area contributed by atoms with Gasteiger partial charge in [0.1, 0.15) is 17.6 Å². The Labute approximate surface area is 161 Å². The Morgan fingerprint density at radius 2 is 1.74 bits per heavy atom. The van der Waals surface area contributed by atoms with E-state index in [2.05, 4.69) is 34.5 Å². The lowest BCUT2D eigenvalue weighted by atomic mass is 10.1. The number of anilines is 1. The first-order valence-corrected chi connectivity index (χ1v) is 9.54. The van der Waals surface area contributed by atoms with Crippen LogP contribution >= 0.6 is 0 Å². The highest BCUT2D eigenvalue weighted by molar-refractivity contribution is 5.73. The van der Waals surface area contributed by atoms with Gasteiger partial charge in [0.25, 0.3) is 0 Å². The van der Waals surface area contributed by atoms with Gasteiger partial charge in [0.05, 0.1) is 19.7 Å². The lowest BCUT2D eigenvalue weighted by Crippen LogP contribution is -2.54. The number of ether oxygens (including phenoxy) is 2. The quantitative estimate of drug-likeness (QED) is 0.776. The molecule has 0 radical (unpaired) electrons. The first kappa shape index (κ1) is 19.1. The third-order valence-corrected chi connectivity index (χ3v) is 4.58. The van der Waals surface area contributed by atoms with E-state index in [1.807, 2.05) is 38.1 Å². The number of benzene rings is 2. The largest absolute Gasteiger partial charge is 0.494 e. The summed E-state index contributed by atoms with van der Waals surface area (Å²) >= 11 is 0. The van der Waals surface area contributed by atoms with Crippen LogP contribution in [0.4, 0.5) is 5.69 Å². The smallest absolute Gasteiger partial charge is 0.217 e. The molecule has 0 aliphatic carbocycles. The highest BCUT2D eigenvalue weighted by Gasteiger charge is 2.28. The molecule has 0 bridgehead atoms. The number of hydrogen-bond acceptors (Lipinski definition) is 4. The van der Waals surface area contributed by atoms with Crippen molar-refractivity contribution in [3.8, 4) is 11.5 Å². The maximum atomic E-state index is 11.1. The molecule has 1 saturated heterocycles. The van der Waals surface area contributed by atoms with E-state index >= 15 is 0 Å². The summed E-state index contributed by atoms with van der Waals surface area (Å²) in [6.07, 6.45) is 1.02. The van der Waals surface area contributed by atoms with E-state index < -0.39 is 0 Å². The molecule has 2 aromatic rings. The fourth-order valence-electron chi connectivity index (χ4n) is 3.29. The fourth-order valence-corrected chi connectivity index (χ4v) is 3.29. The van der Waals surface area contributed by atoms with Crippen LogP contribution < -0.4 is 19.7 Å². The third kappa shape index (κ3) is 5.39. The zero-order chi connectivity index (χ0) is 19.2. The van der Waals surface area contributed by atoms with Gasteiger partial charge in [-0.2, -0.15) is 0 Å². The van der Waals surface area contributed by atoms with Gasteiger partial charge >= 0.3 is 0 Å². The molecule has 0 aromatic heterocycles. The van der Waals surface area contributed by atoms with Crippen molar-refractivity contribution in [2.45, 2.75) is 39.3 Å². The van der Waals surface area contributed by atoms with Crippen molar-refractivity contribution in [2.24, 2.45) is 0 Å². The van der Waals surface area contributed by atoms with Crippen molar-refractivity contribution in [3.05, 3.63) is 54.1 Å². The number of carbonyl (C=O) groups excluding carboxylic acids is 1. The lowest BCUT2D eigenvalue weighted by Gasteiger charge is -2.40. The summed E-state index contributed by atoms with van der Waals surface area (Å²) in [7, 11) is 0. The van der Waals surface area contributed by atoms with Crippen LogP contribution in [0.15, 0.2) is 48.5 Å². The molecule has 0 spiro atoms. The monoisotopic (exact) mass is 368 g/mol. The molecule has 1 aliphatic heterocycles. The molecule has 3 rings (SSSR count). The van der Waals surface area contributed by atoms with Gasteiger partial charge < -0.3 is 19.7 Å². The number of carbonyl (C=O) groups is 1. The van der Waals surface area contributed by atoms with Crippen LogP contribution in [-0.4, -0.2) is 37.7 Å². The minimum atomic E-state index is 0.00419. The Morgan fingerprint density at radius 3 is 2.33 bits per heavy atom. The van der Waals surface area contributed by atoms with Crippen molar-refractivity contribution < 1.29 is 14.3 Å². The van der Waals surface area contributed by atoms with Gasteiger partial charge in [-0.25, -0.2) is 0 Å². The van der Waals surface area contributed by atoms with E-state index in [1.165, 1.54) is 11.3 Å². The van der Waals surface area contributed by atoms with E-state index in [4.69, 9.17) is 9.47 Å². The fraction of sp³-hybridized carbons (Fsp3) is 0.409. The van der Waals surface area contributed by atoms with E-state index in [1.54, 1.807) is 6.92 Å². The molecule has 1 amide bonds. The summed E-state index contributed by atoms with van der Waals surface area (Å²) in [5.41, 5.74) is 2.38. The van der Waals surface area contributed by atoms with Gasteiger partial charge in [-0.15, -0.1) is 0 Å². The molecule has 0 saturated carbocycles. The van der Waals surface area contributed by atoms with Crippen LogP contribution in [0.25, 0.3) is 0 Å². The van der Waals surface area contributed by atoms with Gasteiger partial charge in [0.15, 0.2) is 0 Å². The summed E-state index contributed by atoms with van der Waals surface area (Å²) in [6.45, 7) is 7.99. The number of amides is 1. The average molecular weight is 368 g/mol. The zero-order valence-electron chi connectivity index (χ0n) is 16.3. The Balaban J connectivity index is 1.45. The molecular formula is C22H28N2O3. The van der Waals surface area contributed by atoms with Crippen LogP contribution in [0.2, 0.25) is 0 Å². The predicted octanol–water partition coefficient (Wildman–Crippen LogP) is 3.42. The first-order chi connectivity index (χ1) is 13.0. The predicted molar refractivity (Wildman–Crippen MR) is 108 cm³/mol. The summed E-state index contributed by atoms with van der Waals surface area (Å²) in [6, 6.07) is 16.5. The highest BCUT2D eigenvalue weighted by atomic mass is 16.5. The number of nitrogens with zero attached hydrogens (tertiary/aromatic N) is 1. The maximum Gasteiger partial charge on any atom is 0.217 e. The second kappa shape index (κ2) is 8.80. The van der Waals surface area contributed by atoms with Gasteiger partial charge in [-0.05, 0) is 62.2 Å². The molecule has 1 atom stereocenters. The van der Waals surface area contributed by atoms with E-state index in [-0.39, 0.29) is 18.1 Å². The molecule has 144 valence electrons. The molecule has 1 N–H and O–H groups in total. The third-order valence-electron chi connectivity index (χ3n) is 4.58. The van der Waals surface area contributed by atoms with Crippen molar-refractivity contribution in [2.75, 3.05) is 24.6 Å². The molecule has 1 heterocycles. The minimum Gasteiger partial charge on any atom is -0.494 e. The van der Waals surface area contributed by atoms with Crippen LogP contribution in [-0.2, 0) is 11.2 Å². The van der Waals surface area contributed by atoms with Crippen LogP contribution in [0.1, 0.15) is 26.3 Å². The number of rotatable bonds is 8. The van der Waals surface area contributed by atoms with E-state index in [0.717, 1.165) is 31.0 Å². The summed E-state index contributed by atoms with van der Waals surface area (Å²) < 4.78 is 11.5. The lowest BCUT2D eigenvalue weighted by molar-refractivity contribution is -0.119. The zero-order valence-corrected chi connectivity index (χ0v) is 16.3. The highest BCUT2D eigenvalue weighted by Crippen LogP contribution is 2.26. The van der Waals surface area contributed by atoms with Crippen LogP contribution in [0.5, 0.6) is 11.5 Å². The molecule has 27 heavy (non-hydrogen) atoms. The Hall–Kier alpha value is -2.69.